The third kappa shape index (κ3) is 7.63. The van der Waals surface area contributed by atoms with Gasteiger partial charge in [-0.15, -0.1) is 0 Å². The molecule has 10 heteroatoms. The molecule has 1 aromatic heterocycles. The first-order valence-corrected chi connectivity index (χ1v) is 12.7. The van der Waals surface area contributed by atoms with Crippen molar-refractivity contribution >= 4 is 11.8 Å². The zero-order chi connectivity index (χ0) is 28.2. The normalized spacial score (nSPS) is 15.8. The Balaban J connectivity index is 1.37. The highest BCUT2D eigenvalue weighted by Gasteiger charge is 2.31. The molecule has 1 fully saturated rings. The topological polar surface area (TPSA) is 83.9 Å². The molecule has 1 aliphatic heterocycles. The van der Waals surface area contributed by atoms with Gasteiger partial charge in [-0.1, -0.05) is 30.3 Å². The molecule has 1 atom stereocenters. The summed E-state index contributed by atoms with van der Waals surface area (Å²) in [5, 5.41) is 12.8. The molecule has 1 unspecified atom stereocenters. The van der Waals surface area contributed by atoms with Crippen molar-refractivity contribution in [1.82, 2.24) is 10.3 Å². The van der Waals surface area contributed by atoms with E-state index in [2.05, 4.69) is 15.2 Å². The standard InChI is InChI=1S/C29H32F3N3O4/c1-28(2,3)39-27(37)34-15-19-4-6-20(7-5-19)21-8-10-25(22(14-21)18-36)35-13-12-24(17-35)38-26-11-9-23(16-33-26)29(30,31)32/h4-11,14,16,24,36H,12-13,15,17-18H2,1-3H3,(H,34,37). The van der Waals surface area contributed by atoms with Gasteiger partial charge in [-0.05, 0) is 55.7 Å². The summed E-state index contributed by atoms with van der Waals surface area (Å²) in [6.45, 7) is 6.82. The molecular weight excluding hydrogens is 511 g/mol. The van der Waals surface area contributed by atoms with E-state index in [-0.39, 0.29) is 18.6 Å². The second-order valence-corrected chi connectivity index (χ2v) is 10.4. The van der Waals surface area contributed by atoms with Crippen molar-refractivity contribution in [1.29, 1.82) is 0 Å². The van der Waals surface area contributed by atoms with Crippen molar-refractivity contribution in [3.8, 4) is 17.0 Å². The number of rotatable bonds is 7. The van der Waals surface area contributed by atoms with Gasteiger partial charge in [0.2, 0.25) is 5.88 Å². The molecule has 208 valence electrons. The molecule has 2 N–H and O–H groups in total. The van der Waals surface area contributed by atoms with Crippen molar-refractivity contribution in [2.75, 3.05) is 18.0 Å². The highest BCUT2D eigenvalue weighted by molar-refractivity contribution is 5.70. The van der Waals surface area contributed by atoms with Crippen molar-refractivity contribution in [3.05, 3.63) is 77.5 Å². The summed E-state index contributed by atoms with van der Waals surface area (Å²) in [6.07, 6.45) is -3.70. The second-order valence-electron chi connectivity index (χ2n) is 10.4. The summed E-state index contributed by atoms with van der Waals surface area (Å²) in [6, 6.07) is 15.8. The number of aliphatic hydroxyl groups is 1. The molecule has 2 aromatic carbocycles. The number of benzene rings is 2. The number of carbonyl (C=O) groups is 1. The summed E-state index contributed by atoms with van der Waals surface area (Å²) in [7, 11) is 0. The lowest BCUT2D eigenvalue weighted by atomic mass is 10.0. The van der Waals surface area contributed by atoms with Crippen molar-refractivity contribution in [2.45, 2.75) is 58.2 Å². The van der Waals surface area contributed by atoms with Crippen LogP contribution >= 0.6 is 0 Å². The number of nitrogens with one attached hydrogen (secondary N) is 1. The molecule has 1 saturated heterocycles. The molecule has 3 aromatic rings. The van der Waals surface area contributed by atoms with E-state index in [1.54, 1.807) is 0 Å². The zero-order valence-electron chi connectivity index (χ0n) is 22.1. The fourth-order valence-electron chi connectivity index (χ4n) is 4.34. The van der Waals surface area contributed by atoms with Gasteiger partial charge in [0.25, 0.3) is 0 Å². The molecule has 39 heavy (non-hydrogen) atoms. The van der Waals surface area contributed by atoms with Gasteiger partial charge in [0, 0.05) is 43.0 Å². The quantitative estimate of drug-likeness (QED) is 0.384. The lowest BCUT2D eigenvalue weighted by Gasteiger charge is -2.22. The van der Waals surface area contributed by atoms with Crippen LogP contribution in [-0.4, -0.2) is 41.0 Å². The second kappa shape index (κ2) is 11.5. The number of anilines is 1. The number of alkyl halides is 3. The van der Waals surface area contributed by atoms with Crippen LogP contribution in [0, 0.1) is 0 Å². The minimum atomic E-state index is -4.44. The number of hydrogen-bond acceptors (Lipinski definition) is 6. The Bertz CT molecular complexity index is 1270. The van der Waals surface area contributed by atoms with Crippen LogP contribution in [0.1, 0.15) is 43.9 Å². The molecule has 4 rings (SSSR count). The van der Waals surface area contributed by atoms with Crippen LogP contribution in [0.25, 0.3) is 11.1 Å². The van der Waals surface area contributed by atoms with E-state index >= 15 is 0 Å². The van der Waals surface area contributed by atoms with Crippen LogP contribution in [0.5, 0.6) is 5.88 Å². The van der Waals surface area contributed by atoms with Crippen LogP contribution in [0.4, 0.5) is 23.7 Å². The van der Waals surface area contributed by atoms with Crippen molar-refractivity contribution in [2.24, 2.45) is 0 Å². The van der Waals surface area contributed by atoms with Gasteiger partial charge in [0.1, 0.15) is 11.7 Å². The third-order valence-electron chi connectivity index (χ3n) is 6.21. The van der Waals surface area contributed by atoms with E-state index in [1.165, 1.54) is 6.07 Å². The first-order chi connectivity index (χ1) is 18.4. The number of hydrogen-bond donors (Lipinski definition) is 2. The first-order valence-electron chi connectivity index (χ1n) is 12.7. The third-order valence-corrected chi connectivity index (χ3v) is 6.21. The molecular formula is C29H32F3N3O4. The SMILES string of the molecule is CC(C)(C)OC(=O)NCc1ccc(-c2ccc(N3CCC(Oc4ccc(C(F)(F)F)cn4)C3)c(CO)c2)cc1. The summed E-state index contributed by atoms with van der Waals surface area (Å²) >= 11 is 0. The fraction of sp³-hybridized carbons (Fsp3) is 0.379. The maximum Gasteiger partial charge on any atom is 0.417 e. The van der Waals surface area contributed by atoms with Crippen LogP contribution in [-0.2, 0) is 24.1 Å². The van der Waals surface area contributed by atoms with Crippen LogP contribution in [0.15, 0.2) is 60.8 Å². The number of alkyl carbamates (subject to hydrolysis) is 1. The summed E-state index contributed by atoms with van der Waals surface area (Å²) in [5.74, 6) is 0.150. The maximum atomic E-state index is 12.8. The minimum Gasteiger partial charge on any atom is -0.472 e. The highest BCUT2D eigenvalue weighted by atomic mass is 19.4. The first kappa shape index (κ1) is 28.2. The lowest BCUT2D eigenvalue weighted by molar-refractivity contribution is -0.137. The van der Waals surface area contributed by atoms with Gasteiger partial charge < -0.3 is 24.8 Å². The van der Waals surface area contributed by atoms with Crippen LogP contribution in [0.2, 0.25) is 0 Å². The number of aliphatic hydroxyl groups excluding tert-OH is 1. The van der Waals surface area contributed by atoms with E-state index in [1.807, 2.05) is 63.2 Å². The lowest BCUT2D eigenvalue weighted by Crippen LogP contribution is -2.32. The Labute approximate surface area is 225 Å². The summed E-state index contributed by atoms with van der Waals surface area (Å²) in [4.78, 5) is 17.8. The van der Waals surface area contributed by atoms with E-state index in [9.17, 15) is 23.1 Å². The number of amides is 1. The number of halogens is 3. The molecule has 0 aliphatic carbocycles. The Morgan fingerprint density at radius 2 is 1.79 bits per heavy atom. The van der Waals surface area contributed by atoms with Gasteiger partial charge in [-0.2, -0.15) is 13.2 Å². The number of aromatic nitrogens is 1. The average molecular weight is 544 g/mol. The number of ether oxygens (including phenoxy) is 2. The Morgan fingerprint density at radius 3 is 2.41 bits per heavy atom. The molecule has 2 heterocycles. The number of nitrogens with zero attached hydrogens (tertiary/aromatic N) is 2. The Morgan fingerprint density at radius 1 is 1.08 bits per heavy atom. The van der Waals surface area contributed by atoms with Gasteiger partial charge in [0.05, 0.1) is 18.7 Å². The molecule has 1 amide bonds. The molecule has 0 radical (unpaired) electrons. The largest absolute Gasteiger partial charge is 0.472 e. The Hall–Kier alpha value is -3.79. The van der Waals surface area contributed by atoms with Gasteiger partial charge in [0.15, 0.2) is 0 Å². The highest BCUT2D eigenvalue weighted by Crippen LogP contribution is 2.32. The smallest absolute Gasteiger partial charge is 0.417 e. The monoisotopic (exact) mass is 543 g/mol. The predicted molar refractivity (Wildman–Crippen MR) is 141 cm³/mol. The van der Waals surface area contributed by atoms with E-state index in [0.717, 1.165) is 40.2 Å². The van der Waals surface area contributed by atoms with Gasteiger partial charge in [-0.3, -0.25) is 0 Å². The predicted octanol–water partition coefficient (Wildman–Crippen LogP) is 5.94. The minimum absolute atomic E-state index is 0.149. The van der Waals surface area contributed by atoms with E-state index in [0.29, 0.717) is 26.1 Å². The number of pyridine rings is 1. The molecule has 1 aliphatic rings. The average Bonchev–Trinajstić information content (AvgIpc) is 3.34. The number of carbonyl (C=O) groups excluding carboxylic acids is 1. The van der Waals surface area contributed by atoms with Crippen LogP contribution < -0.4 is 15.0 Å². The van der Waals surface area contributed by atoms with Crippen molar-refractivity contribution < 1.29 is 32.5 Å². The molecule has 0 saturated carbocycles. The maximum absolute atomic E-state index is 12.8. The summed E-state index contributed by atoms with van der Waals surface area (Å²) < 4.78 is 49.4. The van der Waals surface area contributed by atoms with Crippen molar-refractivity contribution in [3.63, 3.8) is 0 Å². The molecule has 0 bridgehead atoms. The fourth-order valence-corrected chi connectivity index (χ4v) is 4.34. The Kier molecular flexibility index (Phi) is 8.34. The van der Waals surface area contributed by atoms with Gasteiger partial charge >= 0.3 is 12.3 Å². The van der Waals surface area contributed by atoms with Crippen LogP contribution in [0.3, 0.4) is 0 Å². The van der Waals surface area contributed by atoms with E-state index in [4.69, 9.17) is 9.47 Å². The molecule has 7 nitrogen and oxygen atoms in total. The summed E-state index contributed by atoms with van der Waals surface area (Å²) in [5.41, 5.74) is 3.10. The zero-order valence-corrected chi connectivity index (χ0v) is 22.1. The molecule has 0 spiro atoms. The van der Waals surface area contributed by atoms with E-state index < -0.39 is 23.4 Å². The van der Waals surface area contributed by atoms with Gasteiger partial charge in [-0.25, -0.2) is 9.78 Å².